The van der Waals surface area contributed by atoms with Gasteiger partial charge in [-0.2, -0.15) is 4.37 Å². The lowest BCUT2D eigenvalue weighted by atomic mass is 10.1. The Balaban J connectivity index is 1.98. The van der Waals surface area contributed by atoms with Crippen molar-refractivity contribution in [1.29, 1.82) is 0 Å². The molecule has 0 radical (unpaired) electrons. The molecule has 1 aromatic carbocycles. The molecule has 2 aromatic rings. The summed E-state index contributed by atoms with van der Waals surface area (Å²) in [6.45, 7) is 3.10. The lowest BCUT2D eigenvalue weighted by Gasteiger charge is -2.17. The molecule has 2 rings (SSSR count). The second-order valence-corrected chi connectivity index (χ2v) is 5.59. The predicted molar refractivity (Wildman–Crippen MR) is 73.5 cm³/mol. The molecule has 17 heavy (non-hydrogen) atoms. The standard InChI is InChI=1S/C12H15N3S2/c1-2-13-11(10-6-4-3-5-7-10)8-16-12-14-9-15-17-12/h3-7,9,11,13H,2,8H2,1H3. The van der Waals surface area contributed by atoms with Crippen LogP contribution in [0, 0.1) is 0 Å². The van der Waals surface area contributed by atoms with Crippen LogP contribution in [0.3, 0.4) is 0 Å². The summed E-state index contributed by atoms with van der Waals surface area (Å²) in [5.74, 6) is 0.979. The number of benzene rings is 1. The molecule has 1 aromatic heterocycles. The van der Waals surface area contributed by atoms with Crippen LogP contribution in [0.25, 0.3) is 0 Å². The maximum Gasteiger partial charge on any atom is 0.169 e. The van der Waals surface area contributed by atoms with Crippen LogP contribution in [0.5, 0.6) is 0 Å². The van der Waals surface area contributed by atoms with Gasteiger partial charge in [0.1, 0.15) is 6.33 Å². The quantitative estimate of drug-likeness (QED) is 0.815. The van der Waals surface area contributed by atoms with Crippen molar-refractivity contribution in [3.05, 3.63) is 42.2 Å². The molecule has 0 fully saturated rings. The molecule has 0 aliphatic rings. The minimum absolute atomic E-state index is 0.370. The van der Waals surface area contributed by atoms with Crippen LogP contribution in [-0.2, 0) is 0 Å². The second kappa shape index (κ2) is 6.74. The molecule has 0 bridgehead atoms. The Morgan fingerprint density at radius 1 is 1.35 bits per heavy atom. The molecular formula is C12H15N3S2. The van der Waals surface area contributed by atoms with Crippen LogP contribution in [0.2, 0.25) is 0 Å². The number of nitrogens with one attached hydrogen (secondary N) is 1. The highest BCUT2D eigenvalue weighted by Gasteiger charge is 2.11. The van der Waals surface area contributed by atoms with E-state index in [4.69, 9.17) is 0 Å². The summed E-state index contributed by atoms with van der Waals surface area (Å²) in [5, 5.41) is 3.50. The molecule has 1 unspecified atom stereocenters. The van der Waals surface area contributed by atoms with Gasteiger partial charge in [0.15, 0.2) is 4.34 Å². The van der Waals surface area contributed by atoms with Crippen LogP contribution in [0.15, 0.2) is 41.0 Å². The summed E-state index contributed by atoms with van der Waals surface area (Å²) < 4.78 is 5.04. The van der Waals surface area contributed by atoms with E-state index < -0.39 is 0 Å². The number of thioether (sulfide) groups is 1. The predicted octanol–water partition coefficient (Wildman–Crippen LogP) is 2.98. The van der Waals surface area contributed by atoms with E-state index in [0.717, 1.165) is 16.6 Å². The molecule has 5 heteroatoms. The fraction of sp³-hybridized carbons (Fsp3) is 0.333. The maximum absolute atomic E-state index is 4.18. The molecular weight excluding hydrogens is 250 g/mol. The Bertz CT molecular complexity index is 417. The zero-order valence-corrected chi connectivity index (χ0v) is 11.3. The van der Waals surface area contributed by atoms with Gasteiger partial charge in [0.2, 0.25) is 0 Å². The van der Waals surface area contributed by atoms with E-state index >= 15 is 0 Å². The van der Waals surface area contributed by atoms with Gasteiger partial charge in [0, 0.05) is 11.8 Å². The second-order valence-electron chi connectivity index (χ2n) is 3.54. The third-order valence-electron chi connectivity index (χ3n) is 2.37. The van der Waals surface area contributed by atoms with E-state index in [-0.39, 0.29) is 0 Å². The van der Waals surface area contributed by atoms with Crippen LogP contribution in [-0.4, -0.2) is 21.7 Å². The Kier molecular flexibility index (Phi) is 4.97. The van der Waals surface area contributed by atoms with Crippen molar-refractivity contribution in [2.24, 2.45) is 0 Å². The van der Waals surface area contributed by atoms with Gasteiger partial charge in [-0.1, -0.05) is 49.0 Å². The first-order valence-corrected chi connectivity index (χ1v) is 7.34. The lowest BCUT2D eigenvalue weighted by molar-refractivity contribution is 0.606. The van der Waals surface area contributed by atoms with Gasteiger partial charge >= 0.3 is 0 Å². The summed E-state index contributed by atoms with van der Waals surface area (Å²) in [7, 11) is 0. The number of hydrogen-bond acceptors (Lipinski definition) is 5. The average Bonchev–Trinajstić information content (AvgIpc) is 2.88. The summed E-state index contributed by atoms with van der Waals surface area (Å²) >= 11 is 3.20. The third kappa shape index (κ3) is 3.80. The van der Waals surface area contributed by atoms with E-state index in [0.29, 0.717) is 6.04 Å². The van der Waals surface area contributed by atoms with Crippen LogP contribution >= 0.6 is 23.3 Å². The van der Waals surface area contributed by atoms with E-state index in [1.165, 1.54) is 17.1 Å². The lowest BCUT2D eigenvalue weighted by Crippen LogP contribution is -2.22. The first-order chi connectivity index (χ1) is 8.40. The average molecular weight is 265 g/mol. The van der Waals surface area contributed by atoms with E-state index in [1.54, 1.807) is 18.1 Å². The van der Waals surface area contributed by atoms with Gasteiger partial charge in [0.05, 0.1) is 0 Å². The van der Waals surface area contributed by atoms with E-state index in [9.17, 15) is 0 Å². The number of hydrogen-bond donors (Lipinski definition) is 1. The molecule has 1 N–H and O–H groups in total. The first kappa shape index (κ1) is 12.5. The van der Waals surface area contributed by atoms with E-state index in [2.05, 4.69) is 45.9 Å². The summed E-state index contributed by atoms with van der Waals surface area (Å²) in [4.78, 5) is 4.18. The molecule has 90 valence electrons. The monoisotopic (exact) mass is 265 g/mol. The number of nitrogens with zero attached hydrogens (tertiary/aromatic N) is 2. The van der Waals surface area contributed by atoms with Gasteiger partial charge in [0.25, 0.3) is 0 Å². The van der Waals surface area contributed by atoms with Crippen molar-refractivity contribution in [2.45, 2.75) is 17.3 Å². The highest BCUT2D eigenvalue weighted by Crippen LogP contribution is 2.24. The van der Waals surface area contributed by atoms with Gasteiger partial charge in [-0.15, -0.1) is 0 Å². The number of aromatic nitrogens is 2. The Morgan fingerprint density at radius 2 is 2.18 bits per heavy atom. The van der Waals surface area contributed by atoms with Crippen molar-refractivity contribution < 1.29 is 0 Å². The summed E-state index contributed by atoms with van der Waals surface area (Å²) in [6, 6.07) is 10.9. The van der Waals surface area contributed by atoms with Crippen molar-refractivity contribution >= 4 is 23.3 Å². The molecule has 0 aliphatic carbocycles. The minimum atomic E-state index is 0.370. The molecule has 3 nitrogen and oxygen atoms in total. The smallest absolute Gasteiger partial charge is 0.169 e. The Hall–Kier alpha value is -0.910. The number of rotatable bonds is 6. The Morgan fingerprint density at radius 3 is 2.82 bits per heavy atom. The zero-order valence-electron chi connectivity index (χ0n) is 9.67. The fourth-order valence-electron chi connectivity index (χ4n) is 1.59. The van der Waals surface area contributed by atoms with Gasteiger partial charge in [-0.25, -0.2) is 4.98 Å². The maximum atomic E-state index is 4.18. The van der Waals surface area contributed by atoms with Crippen molar-refractivity contribution in [3.63, 3.8) is 0 Å². The molecule has 0 saturated carbocycles. The molecule has 0 amide bonds. The SMILES string of the molecule is CCNC(CSc1ncns1)c1ccccc1. The van der Waals surface area contributed by atoms with Gasteiger partial charge in [-0.05, 0) is 23.6 Å². The van der Waals surface area contributed by atoms with E-state index in [1.807, 2.05) is 6.07 Å². The highest BCUT2D eigenvalue weighted by atomic mass is 32.2. The normalized spacial score (nSPS) is 12.5. The first-order valence-electron chi connectivity index (χ1n) is 5.58. The molecule has 0 saturated heterocycles. The molecule has 0 aliphatic heterocycles. The molecule has 1 atom stereocenters. The largest absolute Gasteiger partial charge is 0.309 e. The van der Waals surface area contributed by atoms with Crippen molar-refractivity contribution in [3.8, 4) is 0 Å². The summed E-state index contributed by atoms with van der Waals surface area (Å²) in [5.41, 5.74) is 1.33. The Labute approximate surface area is 110 Å². The zero-order chi connectivity index (χ0) is 11.9. The van der Waals surface area contributed by atoms with Crippen molar-refractivity contribution in [2.75, 3.05) is 12.3 Å². The topological polar surface area (TPSA) is 37.8 Å². The minimum Gasteiger partial charge on any atom is -0.309 e. The van der Waals surface area contributed by atoms with Crippen LogP contribution in [0.4, 0.5) is 0 Å². The van der Waals surface area contributed by atoms with Crippen LogP contribution in [0.1, 0.15) is 18.5 Å². The fourth-order valence-corrected chi connectivity index (χ4v) is 3.15. The third-order valence-corrected chi connectivity index (χ3v) is 4.26. The molecule has 0 spiro atoms. The van der Waals surface area contributed by atoms with Crippen molar-refractivity contribution in [1.82, 2.24) is 14.7 Å². The highest BCUT2D eigenvalue weighted by molar-refractivity contribution is 8.00. The summed E-state index contributed by atoms with van der Waals surface area (Å²) in [6.07, 6.45) is 1.61. The van der Waals surface area contributed by atoms with Gasteiger partial charge < -0.3 is 5.32 Å². The van der Waals surface area contributed by atoms with Crippen LogP contribution < -0.4 is 5.32 Å². The van der Waals surface area contributed by atoms with Gasteiger partial charge in [-0.3, -0.25) is 0 Å². The molecule has 1 heterocycles.